The maximum atomic E-state index is 14.0. The zero-order valence-electron chi connectivity index (χ0n) is 13.0. The van der Waals surface area contributed by atoms with Crippen LogP contribution < -0.4 is 5.73 Å². The van der Waals surface area contributed by atoms with Crippen LogP contribution in [0.15, 0.2) is 18.2 Å². The van der Waals surface area contributed by atoms with E-state index in [0.29, 0.717) is 18.5 Å². The lowest BCUT2D eigenvalue weighted by molar-refractivity contribution is 0.107. The number of benzene rings is 1. The molecular formula is C17H27FN2. The molecule has 2 nitrogen and oxygen atoms in total. The maximum absolute atomic E-state index is 14.0. The smallest absolute Gasteiger partial charge is 0.128 e. The minimum atomic E-state index is -0.120. The molecule has 3 heteroatoms. The van der Waals surface area contributed by atoms with Gasteiger partial charge in [-0.15, -0.1) is 0 Å². The van der Waals surface area contributed by atoms with Crippen molar-refractivity contribution < 1.29 is 4.39 Å². The molecule has 1 aliphatic rings. The van der Waals surface area contributed by atoms with Crippen molar-refractivity contribution in [2.45, 2.75) is 46.7 Å². The number of nitrogens with two attached hydrogens (primary N) is 1. The summed E-state index contributed by atoms with van der Waals surface area (Å²) in [5, 5.41) is 0. The Balaban J connectivity index is 1.93. The molecule has 1 saturated heterocycles. The van der Waals surface area contributed by atoms with Gasteiger partial charge in [-0.2, -0.15) is 0 Å². The molecule has 112 valence electrons. The second kappa shape index (κ2) is 6.23. The average Bonchev–Trinajstić information content (AvgIpc) is 2.40. The van der Waals surface area contributed by atoms with Crippen molar-refractivity contribution in [3.63, 3.8) is 0 Å². The molecule has 0 unspecified atom stereocenters. The first-order valence-electron chi connectivity index (χ1n) is 7.60. The van der Waals surface area contributed by atoms with Crippen molar-refractivity contribution in [3.05, 3.63) is 35.1 Å². The number of halogens is 1. The van der Waals surface area contributed by atoms with E-state index in [1.807, 2.05) is 12.1 Å². The summed E-state index contributed by atoms with van der Waals surface area (Å²) < 4.78 is 14.0. The summed E-state index contributed by atoms with van der Waals surface area (Å²) in [4.78, 5) is 2.36. The van der Waals surface area contributed by atoms with Crippen LogP contribution in [0.5, 0.6) is 0 Å². The van der Waals surface area contributed by atoms with Gasteiger partial charge in [-0.1, -0.05) is 32.9 Å². The van der Waals surface area contributed by atoms with Gasteiger partial charge in [0, 0.05) is 18.7 Å². The lowest BCUT2D eigenvalue weighted by atomic mass is 9.75. The molecule has 1 aromatic rings. The van der Waals surface area contributed by atoms with Crippen LogP contribution in [0.2, 0.25) is 0 Å². The van der Waals surface area contributed by atoms with E-state index in [4.69, 9.17) is 5.73 Å². The molecule has 2 N–H and O–H groups in total. The molecule has 1 heterocycles. The van der Waals surface area contributed by atoms with E-state index in [1.54, 1.807) is 6.07 Å². The van der Waals surface area contributed by atoms with Crippen LogP contribution in [0.3, 0.4) is 0 Å². The molecule has 0 atom stereocenters. The molecule has 2 rings (SSSR count). The lowest BCUT2D eigenvalue weighted by Crippen LogP contribution is -2.37. The van der Waals surface area contributed by atoms with Gasteiger partial charge < -0.3 is 5.73 Å². The fourth-order valence-corrected chi connectivity index (χ4v) is 3.04. The van der Waals surface area contributed by atoms with Gasteiger partial charge in [0.1, 0.15) is 5.82 Å². The number of hydrogen-bond acceptors (Lipinski definition) is 2. The summed E-state index contributed by atoms with van der Waals surface area (Å²) in [5.41, 5.74) is 7.57. The number of hydrogen-bond donors (Lipinski definition) is 1. The number of likely N-dealkylation sites (tertiary alicyclic amines) is 1. The van der Waals surface area contributed by atoms with Crippen molar-refractivity contribution in [1.82, 2.24) is 4.90 Å². The number of piperidine rings is 1. The minimum Gasteiger partial charge on any atom is -0.326 e. The highest BCUT2D eigenvalue weighted by molar-refractivity contribution is 5.24. The maximum Gasteiger partial charge on any atom is 0.128 e. The first-order chi connectivity index (χ1) is 9.40. The SMILES string of the molecule is CC(C)(C)C1CCN(Cc2ccc(CN)cc2F)CC1. The van der Waals surface area contributed by atoms with Gasteiger partial charge in [0.05, 0.1) is 0 Å². The van der Waals surface area contributed by atoms with Crippen molar-refractivity contribution >= 4 is 0 Å². The zero-order chi connectivity index (χ0) is 14.8. The molecule has 20 heavy (non-hydrogen) atoms. The summed E-state index contributed by atoms with van der Waals surface area (Å²) in [6, 6.07) is 5.38. The van der Waals surface area contributed by atoms with Gasteiger partial charge >= 0.3 is 0 Å². The van der Waals surface area contributed by atoms with Gasteiger partial charge in [0.15, 0.2) is 0 Å². The van der Waals surface area contributed by atoms with Gasteiger partial charge in [0.2, 0.25) is 0 Å². The predicted molar refractivity (Wildman–Crippen MR) is 81.7 cm³/mol. The van der Waals surface area contributed by atoms with E-state index in [2.05, 4.69) is 25.7 Å². The Kier molecular flexibility index (Phi) is 4.82. The molecule has 0 amide bonds. The van der Waals surface area contributed by atoms with Crippen LogP contribution in [0, 0.1) is 17.2 Å². The Labute approximate surface area is 122 Å². The average molecular weight is 278 g/mol. The Morgan fingerprint density at radius 1 is 1.25 bits per heavy atom. The number of nitrogens with zero attached hydrogens (tertiary/aromatic N) is 1. The molecule has 0 spiro atoms. The van der Waals surface area contributed by atoms with Crippen LogP contribution in [0.25, 0.3) is 0 Å². The van der Waals surface area contributed by atoms with Crippen LogP contribution in [0.4, 0.5) is 4.39 Å². The highest BCUT2D eigenvalue weighted by Gasteiger charge is 2.28. The van der Waals surface area contributed by atoms with E-state index in [0.717, 1.165) is 30.1 Å². The standard InChI is InChI=1S/C17H27FN2/c1-17(2,3)15-6-8-20(9-7-15)12-14-5-4-13(11-19)10-16(14)18/h4-5,10,15H,6-9,11-12,19H2,1-3H3. The fraction of sp³-hybridized carbons (Fsp3) is 0.647. The van der Waals surface area contributed by atoms with Gasteiger partial charge in [0.25, 0.3) is 0 Å². The molecule has 1 aromatic carbocycles. The van der Waals surface area contributed by atoms with Crippen molar-refractivity contribution in [1.29, 1.82) is 0 Å². The Morgan fingerprint density at radius 3 is 2.40 bits per heavy atom. The monoisotopic (exact) mass is 278 g/mol. The third-order valence-corrected chi connectivity index (χ3v) is 4.56. The molecule has 0 aliphatic carbocycles. The molecule has 0 aromatic heterocycles. The van der Waals surface area contributed by atoms with E-state index >= 15 is 0 Å². The Hall–Kier alpha value is -0.930. The van der Waals surface area contributed by atoms with Crippen molar-refractivity contribution in [2.75, 3.05) is 13.1 Å². The van der Waals surface area contributed by atoms with Crippen molar-refractivity contribution in [3.8, 4) is 0 Å². The van der Waals surface area contributed by atoms with E-state index in [1.165, 1.54) is 12.8 Å². The molecule has 0 radical (unpaired) electrons. The molecule has 1 aliphatic heterocycles. The first-order valence-corrected chi connectivity index (χ1v) is 7.60. The van der Waals surface area contributed by atoms with Gasteiger partial charge in [-0.3, -0.25) is 4.90 Å². The zero-order valence-corrected chi connectivity index (χ0v) is 13.0. The summed E-state index contributed by atoms with van der Waals surface area (Å²) >= 11 is 0. The fourth-order valence-electron chi connectivity index (χ4n) is 3.04. The largest absolute Gasteiger partial charge is 0.326 e. The third-order valence-electron chi connectivity index (χ3n) is 4.56. The quantitative estimate of drug-likeness (QED) is 0.916. The van der Waals surface area contributed by atoms with Crippen LogP contribution in [-0.2, 0) is 13.1 Å². The van der Waals surface area contributed by atoms with E-state index < -0.39 is 0 Å². The topological polar surface area (TPSA) is 29.3 Å². The van der Waals surface area contributed by atoms with Gasteiger partial charge in [-0.05, 0) is 48.9 Å². The van der Waals surface area contributed by atoms with E-state index in [-0.39, 0.29) is 5.82 Å². The highest BCUT2D eigenvalue weighted by atomic mass is 19.1. The summed E-state index contributed by atoms with van der Waals surface area (Å²) in [6.07, 6.45) is 2.43. The normalized spacial score (nSPS) is 18.4. The van der Waals surface area contributed by atoms with Crippen LogP contribution in [0.1, 0.15) is 44.7 Å². The molecule has 0 bridgehead atoms. The molecule has 0 saturated carbocycles. The van der Waals surface area contributed by atoms with Crippen molar-refractivity contribution in [2.24, 2.45) is 17.1 Å². The second-order valence-corrected chi connectivity index (χ2v) is 7.05. The number of rotatable bonds is 3. The first kappa shape index (κ1) is 15.5. The predicted octanol–water partition coefficient (Wildman–Crippen LogP) is 3.54. The summed E-state index contributed by atoms with van der Waals surface area (Å²) in [5.74, 6) is 0.661. The van der Waals surface area contributed by atoms with Gasteiger partial charge in [-0.25, -0.2) is 4.39 Å². The Bertz CT molecular complexity index is 443. The van der Waals surface area contributed by atoms with Crippen LogP contribution >= 0.6 is 0 Å². The second-order valence-electron chi connectivity index (χ2n) is 7.05. The van der Waals surface area contributed by atoms with E-state index in [9.17, 15) is 4.39 Å². The lowest BCUT2D eigenvalue weighted by Gasteiger charge is -2.38. The third kappa shape index (κ3) is 3.80. The summed E-state index contributed by atoms with van der Waals surface area (Å²) in [7, 11) is 0. The molecule has 1 fully saturated rings. The highest BCUT2D eigenvalue weighted by Crippen LogP contribution is 2.34. The minimum absolute atomic E-state index is 0.120. The summed E-state index contributed by atoms with van der Waals surface area (Å²) in [6.45, 7) is 10.2. The Morgan fingerprint density at radius 2 is 1.90 bits per heavy atom. The molecular weight excluding hydrogens is 251 g/mol. The van der Waals surface area contributed by atoms with Crippen LogP contribution in [-0.4, -0.2) is 18.0 Å².